The molecule has 7 heteroatoms. The van der Waals surface area contributed by atoms with E-state index < -0.39 is 15.8 Å². The van der Waals surface area contributed by atoms with Gasteiger partial charge in [-0.05, 0) is 55.5 Å². The lowest BCUT2D eigenvalue weighted by molar-refractivity contribution is 0.102. The number of para-hydroxylation sites is 1. The van der Waals surface area contributed by atoms with E-state index in [0.717, 1.165) is 5.56 Å². The quantitative estimate of drug-likeness (QED) is 0.693. The second-order valence-corrected chi connectivity index (χ2v) is 7.61. The molecule has 0 aromatic heterocycles. The molecule has 0 bridgehead atoms. The van der Waals surface area contributed by atoms with Crippen LogP contribution >= 0.6 is 0 Å². The first-order chi connectivity index (χ1) is 12.8. The highest BCUT2D eigenvalue weighted by atomic mass is 32.2. The summed E-state index contributed by atoms with van der Waals surface area (Å²) < 4.78 is 40.6. The van der Waals surface area contributed by atoms with Crippen molar-refractivity contribution >= 4 is 27.3 Å². The van der Waals surface area contributed by atoms with Crippen LogP contribution in [0.5, 0.6) is 0 Å². The normalized spacial score (nSPS) is 11.0. The number of carbonyl (C=O) groups excluding carboxylic acids is 1. The minimum atomic E-state index is -3.94. The highest BCUT2D eigenvalue weighted by Gasteiger charge is 2.16. The van der Waals surface area contributed by atoms with E-state index in [2.05, 4.69) is 10.0 Å². The van der Waals surface area contributed by atoms with Gasteiger partial charge in [0.15, 0.2) is 0 Å². The summed E-state index contributed by atoms with van der Waals surface area (Å²) in [6.45, 7) is 1.93. The Morgan fingerprint density at radius 2 is 1.52 bits per heavy atom. The second kappa shape index (κ2) is 7.59. The molecule has 0 saturated carbocycles. The van der Waals surface area contributed by atoms with Gasteiger partial charge >= 0.3 is 0 Å². The molecule has 0 unspecified atom stereocenters. The Hall–Kier alpha value is -3.19. The number of aryl methyl sites for hydroxylation is 1. The van der Waals surface area contributed by atoms with Crippen molar-refractivity contribution in [3.63, 3.8) is 0 Å². The zero-order valence-corrected chi connectivity index (χ0v) is 15.3. The first-order valence-electron chi connectivity index (χ1n) is 8.10. The Balaban J connectivity index is 1.73. The molecule has 1 amide bonds. The lowest BCUT2D eigenvalue weighted by Crippen LogP contribution is -2.15. The first kappa shape index (κ1) is 18.6. The van der Waals surface area contributed by atoms with Crippen molar-refractivity contribution in [3.05, 3.63) is 89.7 Å². The van der Waals surface area contributed by atoms with Crippen molar-refractivity contribution in [1.29, 1.82) is 0 Å². The molecule has 3 rings (SSSR count). The highest BCUT2D eigenvalue weighted by molar-refractivity contribution is 7.92. The summed E-state index contributed by atoms with van der Waals surface area (Å²) in [5.41, 5.74) is 1.86. The number of sulfonamides is 1. The number of carbonyl (C=O) groups is 1. The molecule has 0 radical (unpaired) electrons. The first-order valence-corrected chi connectivity index (χ1v) is 9.59. The van der Waals surface area contributed by atoms with Crippen molar-refractivity contribution in [2.75, 3.05) is 10.0 Å². The van der Waals surface area contributed by atoms with Gasteiger partial charge in [-0.3, -0.25) is 9.52 Å². The van der Waals surface area contributed by atoms with Gasteiger partial charge in [0.25, 0.3) is 15.9 Å². The number of hydrogen-bond acceptors (Lipinski definition) is 3. The summed E-state index contributed by atoms with van der Waals surface area (Å²) in [5.74, 6) is -0.960. The Morgan fingerprint density at radius 3 is 2.15 bits per heavy atom. The van der Waals surface area contributed by atoms with E-state index >= 15 is 0 Å². The van der Waals surface area contributed by atoms with Crippen LogP contribution in [0.2, 0.25) is 0 Å². The van der Waals surface area contributed by atoms with E-state index in [-0.39, 0.29) is 16.5 Å². The molecule has 138 valence electrons. The van der Waals surface area contributed by atoms with E-state index in [0.29, 0.717) is 11.3 Å². The number of benzene rings is 3. The zero-order valence-electron chi connectivity index (χ0n) is 14.4. The van der Waals surface area contributed by atoms with Crippen LogP contribution in [0.3, 0.4) is 0 Å². The molecule has 27 heavy (non-hydrogen) atoms. The van der Waals surface area contributed by atoms with Gasteiger partial charge in [-0.2, -0.15) is 0 Å². The summed E-state index contributed by atoms with van der Waals surface area (Å²) in [6.07, 6.45) is 0. The van der Waals surface area contributed by atoms with Crippen LogP contribution < -0.4 is 10.0 Å². The van der Waals surface area contributed by atoms with Gasteiger partial charge in [0, 0.05) is 11.3 Å². The molecule has 0 aliphatic rings. The molecule has 3 aromatic rings. The van der Waals surface area contributed by atoms with Crippen LogP contribution in [0, 0.1) is 12.7 Å². The van der Waals surface area contributed by atoms with Crippen molar-refractivity contribution in [2.45, 2.75) is 11.8 Å². The fourth-order valence-electron chi connectivity index (χ4n) is 2.37. The molecule has 2 N–H and O–H groups in total. The SMILES string of the molecule is Cc1ccc(C(=O)Nc2ccc(S(=O)(=O)Nc3ccccc3F)cc2)cc1. The fourth-order valence-corrected chi connectivity index (χ4v) is 3.44. The Labute approximate surface area is 156 Å². The van der Waals surface area contributed by atoms with Crippen LogP contribution in [0.15, 0.2) is 77.7 Å². The number of rotatable bonds is 5. The lowest BCUT2D eigenvalue weighted by atomic mass is 10.1. The molecule has 0 spiro atoms. The maximum absolute atomic E-state index is 13.7. The fraction of sp³-hybridized carbons (Fsp3) is 0.0500. The van der Waals surface area contributed by atoms with Gasteiger partial charge in [-0.1, -0.05) is 29.8 Å². The van der Waals surface area contributed by atoms with Gasteiger partial charge in [-0.25, -0.2) is 12.8 Å². The van der Waals surface area contributed by atoms with E-state index in [9.17, 15) is 17.6 Å². The smallest absolute Gasteiger partial charge is 0.261 e. The number of nitrogens with one attached hydrogen (secondary N) is 2. The molecule has 5 nitrogen and oxygen atoms in total. The molecular formula is C20H17FN2O3S. The lowest BCUT2D eigenvalue weighted by Gasteiger charge is -2.10. The predicted octanol–water partition coefficient (Wildman–Crippen LogP) is 4.19. The Bertz CT molecular complexity index is 1060. The number of anilines is 2. The average Bonchev–Trinajstić information content (AvgIpc) is 2.64. The number of amides is 1. The molecule has 0 saturated heterocycles. The van der Waals surface area contributed by atoms with Gasteiger partial charge in [0.1, 0.15) is 5.82 Å². The van der Waals surface area contributed by atoms with Crippen LogP contribution in [0.25, 0.3) is 0 Å². The van der Waals surface area contributed by atoms with Crippen molar-refractivity contribution < 1.29 is 17.6 Å². The molecule has 0 aliphatic heterocycles. The maximum Gasteiger partial charge on any atom is 0.261 e. The summed E-state index contributed by atoms with van der Waals surface area (Å²) in [4.78, 5) is 12.2. The van der Waals surface area contributed by atoms with E-state index in [1.807, 2.05) is 19.1 Å². The monoisotopic (exact) mass is 384 g/mol. The summed E-state index contributed by atoms with van der Waals surface area (Å²) in [5, 5.41) is 2.70. The molecule has 0 fully saturated rings. The van der Waals surface area contributed by atoms with E-state index in [1.54, 1.807) is 12.1 Å². The minimum absolute atomic E-state index is 0.0425. The largest absolute Gasteiger partial charge is 0.322 e. The number of hydrogen-bond donors (Lipinski definition) is 2. The summed E-state index contributed by atoms with van der Waals surface area (Å²) >= 11 is 0. The van der Waals surface area contributed by atoms with Gasteiger partial charge in [-0.15, -0.1) is 0 Å². The van der Waals surface area contributed by atoms with Crippen LogP contribution in [-0.4, -0.2) is 14.3 Å². The van der Waals surface area contributed by atoms with Gasteiger partial charge in [0.2, 0.25) is 0 Å². The second-order valence-electron chi connectivity index (χ2n) is 5.93. The van der Waals surface area contributed by atoms with Crippen LogP contribution in [0.4, 0.5) is 15.8 Å². The minimum Gasteiger partial charge on any atom is -0.322 e. The predicted molar refractivity (Wildman–Crippen MR) is 103 cm³/mol. The van der Waals surface area contributed by atoms with E-state index in [1.165, 1.54) is 48.5 Å². The highest BCUT2D eigenvalue weighted by Crippen LogP contribution is 2.20. The van der Waals surface area contributed by atoms with Crippen LogP contribution in [-0.2, 0) is 10.0 Å². The van der Waals surface area contributed by atoms with Crippen LogP contribution in [0.1, 0.15) is 15.9 Å². The molecule has 0 atom stereocenters. The summed E-state index contributed by atoms with van der Waals surface area (Å²) in [7, 11) is -3.94. The Kier molecular flexibility index (Phi) is 5.23. The molecule has 0 heterocycles. The van der Waals surface area contributed by atoms with E-state index in [4.69, 9.17) is 0 Å². The molecule has 3 aromatic carbocycles. The summed E-state index contributed by atoms with van der Waals surface area (Å²) in [6, 6.07) is 18.2. The Morgan fingerprint density at radius 1 is 0.889 bits per heavy atom. The van der Waals surface area contributed by atoms with Crippen molar-refractivity contribution in [1.82, 2.24) is 0 Å². The molecule has 0 aliphatic carbocycles. The molecular weight excluding hydrogens is 367 g/mol. The maximum atomic E-state index is 13.7. The van der Waals surface area contributed by atoms with Crippen molar-refractivity contribution in [2.24, 2.45) is 0 Å². The standard InChI is InChI=1S/C20H17FN2O3S/c1-14-6-8-15(9-7-14)20(24)22-16-10-12-17(13-11-16)27(25,26)23-19-5-3-2-4-18(19)21/h2-13,23H,1H3,(H,22,24). The van der Waals surface area contributed by atoms with Gasteiger partial charge in [0.05, 0.1) is 10.6 Å². The van der Waals surface area contributed by atoms with Crippen molar-refractivity contribution in [3.8, 4) is 0 Å². The third kappa shape index (κ3) is 4.51. The van der Waals surface area contributed by atoms with Gasteiger partial charge < -0.3 is 5.32 Å². The average molecular weight is 384 g/mol. The third-order valence-corrected chi connectivity index (χ3v) is 5.24. The third-order valence-electron chi connectivity index (χ3n) is 3.85. The zero-order chi connectivity index (χ0) is 19.4. The number of halogens is 1. The topological polar surface area (TPSA) is 75.3 Å².